The highest BCUT2D eigenvalue weighted by Gasteiger charge is 2.48. The highest BCUT2D eigenvalue weighted by Crippen LogP contribution is 2.42. The van der Waals surface area contributed by atoms with Gasteiger partial charge in [-0.2, -0.15) is 4.98 Å². The zero-order valence-corrected chi connectivity index (χ0v) is 11.9. The molecule has 0 aromatic carbocycles. The van der Waals surface area contributed by atoms with Crippen LogP contribution in [0.5, 0.6) is 0 Å². The molecule has 5 rings (SSSR count). The first-order valence-electron chi connectivity index (χ1n) is 8.21. The summed E-state index contributed by atoms with van der Waals surface area (Å²) in [5.74, 6) is 3.17. The third kappa shape index (κ3) is 1.72. The number of fused-ring (bicyclic) bond motifs is 3. The highest BCUT2D eigenvalue weighted by molar-refractivity contribution is 5.30. The first-order chi connectivity index (χ1) is 9.88. The van der Waals surface area contributed by atoms with E-state index < -0.39 is 0 Å². The molecule has 4 aliphatic rings. The standard InChI is InChI=1S/C15H22N4O/c1-2-6-18-7-11-8-19(9-12(11)13(18)3-1)15-16-14(17-20-15)10-4-5-10/h10-13H,1-9H2/t11-,12+,13+/m1/s1. The van der Waals surface area contributed by atoms with Crippen LogP contribution in [0.15, 0.2) is 4.52 Å². The lowest BCUT2D eigenvalue weighted by Crippen LogP contribution is -2.39. The number of hydrogen-bond donors (Lipinski definition) is 0. The van der Waals surface area contributed by atoms with Gasteiger partial charge in [-0.05, 0) is 44.1 Å². The third-order valence-electron chi connectivity index (χ3n) is 5.76. The van der Waals surface area contributed by atoms with Crippen LogP contribution in [0, 0.1) is 11.8 Å². The van der Waals surface area contributed by atoms with Crippen LogP contribution in [0.3, 0.4) is 0 Å². The van der Waals surface area contributed by atoms with Crippen molar-refractivity contribution in [3.8, 4) is 0 Å². The van der Waals surface area contributed by atoms with Gasteiger partial charge in [0.1, 0.15) is 0 Å². The molecule has 4 fully saturated rings. The summed E-state index contributed by atoms with van der Waals surface area (Å²) >= 11 is 0. The van der Waals surface area contributed by atoms with E-state index in [0.717, 1.165) is 42.8 Å². The van der Waals surface area contributed by atoms with E-state index in [1.165, 1.54) is 45.2 Å². The molecule has 0 N–H and O–H groups in total. The minimum Gasteiger partial charge on any atom is -0.324 e. The number of piperidine rings is 1. The molecule has 5 nitrogen and oxygen atoms in total. The molecular formula is C15H22N4O. The van der Waals surface area contributed by atoms with E-state index in [1.54, 1.807) is 0 Å². The van der Waals surface area contributed by atoms with Crippen LogP contribution in [0.25, 0.3) is 0 Å². The molecule has 0 bridgehead atoms. The molecule has 1 saturated carbocycles. The van der Waals surface area contributed by atoms with Crippen molar-refractivity contribution >= 4 is 6.01 Å². The Morgan fingerprint density at radius 3 is 2.90 bits per heavy atom. The number of rotatable bonds is 2. The quantitative estimate of drug-likeness (QED) is 0.824. The van der Waals surface area contributed by atoms with Crippen molar-refractivity contribution in [3.05, 3.63) is 5.82 Å². The van der Waals surface area contributed by atoms with Gasteiger partial charge in [-0.3, -0.25) is 4.90 Å². The molecule has 1 aromatic rings. The second-order valence-electron chi connectivity index (χ2n) is 7.10. The van der Waals surface area contributed by atoms with Gasteiger partial charge in [0.2, 0.25) is 0 Å². The van der Waals surface area contributed by atoms with Gasteiger partial charge >= 0.3 is 6.01 Å². The van der Waals surface area contributed by atoms with Crippen LogP contribution in [-0.4, -0.2) is 47.3 Å². The summed E-state index contributed by atoms with van der Waals surface area (Å²) in [6, 6.07) is 1.60. The molecule has 0 amide bonds. The summed E-state index contributed by atoms with van der Waals surface area (Å²) in [6.07, 6.45) is 6.68. The third-order valence-corrected chi connectivity index (χ3v) is 5.76. The van der Waals surface area contributed by atoms with Gasteiger partial charge < -0.3 is 9.42 Å². The van der Waals surface area contributed by atoms with E-state index in [1.807, 2.05) is 0 Å². The molecule has 0 spiro atoms. The normalized spacial score (nSPS) is 37.2. The number of anilines is 1. The highest BCUT2D eigenvalue weighted by atomic mass is 16.5. The van der Waals surface area contributed by atoms with Gasteiger partial charge in [0.05, 0.1) is 0 Å². The Morgan fingerprint density at radius 1 is 1.05 bits per heavy atom. The largest absolute Gasteiger partial charge is 0.324 e. The zero-order valence-electron chi connectivity index (χ0n) is 11.9. The summed E-state index contributed by atoms with van der Waals surface area (Å²) in [4.78, 5) is 9.70. The van der Waals surface area contributed by atoms with Crippen molar-refractivity contribution in [1.82, 2.24) is 15.0 Å². The van der Waals surface area contributed by atoms with Crippen molar-refractivity contribution in [2.45, 2.75) is 44.1 Å². The Labute approximate surface area is 119 Å². The SMILES string of the molecule is C1CCN2C[C@@H]3CN(c4nc(C5CC5)no4)C[C@@H]3[C@@H]2C1. The number of aromatic nitrogens is 2. The molecule has 3 saturated heterocycles. The van der Waals surface area contributed by atoms with E-state index in [4.69, 9.17) is 4.52 Å². The Bertz CT molecular complexity index is 512. The second-order valence-corrected chi connectivity index (χ2v) is 7.10. The summed E-state index contributed by atoms with van der Waals surface area (Å²) in [5.41, 5.74) is 0. The Hall–Kier alpha value is -1.10. The number of hydrogen-bond acceptors (Lipinski definition) is 5. The summed E-state index contributed by atoms with van der Waals surface area (Å²) in [7, 11) is 0. The smallest absolute Gasteiger partial charge is 0.324 e. The van der Waals surface area contributed by atoms with Gasteiger partial charge in [-0.1, -0.05) is 11.6 Å². The summed E-state index contributed by atoms with van der Waals surface area (Å²) in [6.45, 7) is 4.85. The average molecular weight is 274 g/mol. The Morgan fingerprint density at radius 2 is 2.00 bits per heavy atom. The van der Waals surface area contributed by atoms with E-state index >= 15 is 0 Å². The molecular weight excluding hydrogens is 252 g/mol. The van der Waals surface area contributed by atoms with E-state index in [2.05, 4.69) is 19.9 Å². The minimum absolute atomic E-state index is 0.587. The molecule has 5 heteroatoms. The van der Waals surface area contributed by atoms with Crippen LogP contribution in [-0.2, 0) is 0 Å². The van der Waals surface area contributed by atoms with Gasteiger partial charge in [0.15, 0.2) is 5.82 Å². The first kappa shape index (κ1) is 11.5. The molecule has 3 aliphatic heterocycles. The van der Waals surface area contributed by atoms with Crippen LogP contribution in [0.1, 0.15) is 43.8 Å². The van der Waals surface area contributed by atoms with Crippen LogP contribution >= 0.6 is 0 Å². The van der Waals surface area contributed by atoms with Crippen molar-refractivity contribution in [1.29, 1.82) is 0 Å². The first-order valence-corrected chi connectivity index (χ1v) is 8.21. The van der Waals surface area contributed by atoms with Crippen molar-refractivity contribution < 1.29 is 4.52 Å². The Balaban J connectivity index is 1.33. The lowest BCUT2D eigenvalue weighted by Gasteiger charge is -2.32. The number of nitrogens with zero attached hydrogens (tertiary/aromatic N) is 4. The minimum atomic E-state index is 0.587. The second kappa shape index (κ2) is 4.20. The van der Waals surface area contributed by atoms with Crippen LogP contribution in [0.4, 0.5) is 6.01 Å². The maximum Gasteiger partial charge on any atom is 0.324 e. The molecule has 1 aliphatic carbocycles. The van der Waals surface area contributed by atoms with Gasteiger partial charge in [-0.15, -0.1) is 0 Å². The molecule has 0 radical (unpaired) electrons. The van der Waals surface area contributed by atoms with Gasteiger partial charge in [0.25, 0.3) is 0 Å². The monoisotopic (exact) mass is 274 g/mol. The molecule has 0 unspecified atom stereocenters. The van der Waals surface area contributed by atoms with Gasteiger partial charge in [-0.25, -0.2) is 0 Å². The molecule has 3 atom stereocenters. The maximum absolute atomic E-state index is 5.50. The fourth-order valence-electron chi connectivity index (χ4n) is 4.57. The predicted octanol–water partition coefficient (Wildman–Crippen LogP) is 1.87. The Kier molecular flexibility index (Phi) is 2.42. The van der Waals surface area contributed by atoms with E-state index in [9.17, 15) is 0 Å². The van der Waals surface area contributed by atoms with Crippen molar-refractivity contribution in [2.75, 3.05) is 31.1 Å². The molecule has 20 heavy (non-hydrogen) atoms. The van der Waals surface area contributed by atoms with Gasteiger partial charge in [0, 0.05) is 31.6 Å². The fraction of sp³-hybridized carbons (Fsp3) is 0.867. The molecule has 108 valence electrons. The maximum atomic E-state index is 5.50. The lowest BCUT2D eigenvalue weighted by molar-refractivity contribution is 0.173. The van der Waals surface area contributed by atoms with Crippen molar-refractivity contribution in [3.63, 3.8) is 0 Å². The topological polar surface area (TPSA) is 45.4 Å². The van der Waals surface area contributed by atoms with E-state index in [-0.39, 0.29) is 0 Å². The average Bonchev–Trinajstić information content (AvgIpc) is 2.93. The fourth-order valence-corrected chi connectivity index (χ4v) is 4.57. The summed E-state index contributed by atoms with van der Waals surface area (Å²) in [5, 5.41) is 4.16. The van der Waals surface area contributed by atoms with E-state index in [0.29, 0.717) is 5.92 Å². The van der Waals surface area contributed by atoms with Crippen LogP contribution < -0.4 is 4.90 Å². The molecule has 1 aromatic heterocycles. The predicted molar refractivity (Wildman–Crippen MR) is 74.7 cm³/mol. The lowest BCUT2D eigenvalue weighted by atomic mass is 9.90. The summed E-state index contributed by atoms with van der Waals surface area (Å²) < 4.78 is 5.50. The molecule has 4 heterocycles. The zero-order chi connectivity index (χ0) is 13.1. The van der Waals surface area contributed by atoms with Crippen molar-refractivity contribution in [2.24, 2.45) is 11.8 Å². The van der Waals surface area contributed by atoms with Crippen LogP contribution in [0.2, 0.25) is 0 Å².